The molecular weight excluding hydrogens is 332 g/mol. The van der Waals surface area contributed by atoms with Crippen LogP contribution in [0.3, 0.4) is 0 Å². The molecule has 0 spiro atoms. The minimum atomic E-state index is -0.331. The van der Waals surface area contributed by atoms with Crippen LogP contribution in [0.5, 0.6) is 0 Å². The van der Waals surface area contributed by atoms with E-state index in [0.717, 1.165) is 0 Å². The maximum atomic E-state index is 12.0. The molecule has 7 heteroatoms. The van der Waals surface area contributed by atoms with E-state index in [1.807, 2.05) is 6.07 Å². The van der Waals surface area contributed by atoms with E-state index < -0.39 is 0 Å². The highest BCUT2D eigenvalue weighted by Crippen LogP contribution is 2.15. The Hall–Kier alpha value is -3.35. The molecule has 2 rings (SSSR count). The van der Waals surface area contributed by atoms with Crippen LogP contribution in [0.2, 0.25) is 0 Å². The Balaban J connectivity index is 1.73. The number of amides is 4. The number of carbonyl (C=O) groups is 3. The molecule has 0 unspecified atom stereocenters. The first-order valence-electron chi connectivity index (χ1n) is 8.30. The number of hydrogen-bond acceptors (Lipinski definition) is 3. The molecule has 0 aliphatic carbocycles. The Labute approximate surface area is 152 Å². The van der Waals surface area contributed by atoms with E-state index in [1.54, 1.807) is 48.5 Å². The maximum Gasteiger partial charge on any atom is 0.318 e. The van der Waals surface area contributed by atoms with Gasteiger partial charge in [0.05, 0.1) is 0 Å². The van der Waals surface area contributed by atoms with Crippen molar-refractivity contribution in [2.45, 2.75) is 12.8 Å². The second-order valence-electron chi connectivity index (χ2n) is 5.56. The van der Waals surface area contributed by atoms with Gasteiger partial charge in [-0.2, -0.15) is 0 Å². The normalized spacial score (nSPS) is 9.88. The zero-order valence-corrected chi connectivity index (χ0v) is 14.5. The van der Waals surface area contributed by atoms with Gasteiger partial charge in [-0.15, -0.1) is 0 Å². The van der Waals surface area contributed by atoms with Crippen molar-refractivity contribution in [3.05, 3.63) is 60.2 Å². The summed E-state index contributed by atoms with van der Waals surface area (Å²) >= 11 is 0. The van der Waals surface area contributed by atoms with Crippen molar-refractivity contribution in [2.24, 2.45) is 0 Å². The number of anilines is 2. The second kappa shape index (κ2) is 9.83. The van der Waals surface area contributed by atoms with Gasteiger partial charge in [-0.05, 0) is 36.8 Å². The molecule has 136 valence electrons. The topological polar surface area (TPSA) is 99.3 Å². The standard InChI is InChI=1S/C19H22N4O3/c1-20-19(26)23-16-10-5-9-15(13-16)22-17(24)11-6-12-21-18(25)14-7-3-2-4-8-14/h2-5,7-10,13H,6,11-12H2,1H3,(H,21,25)(H,22,24)(H2,20,23,26). The molecule has 0 heterocycles. The molecule has 26 heavy (non-hydrogen) atoms. The van der Waals surface area contributed by atoms with E-state index in [9.17, 15) is 14.4 Å². The number of hydrogen-bond donors (Lipinski definition) is 4. The molecule has 0 saturated heterocycles. The van der Waals surface area contributed by atoms with Crippen LogP contribution in [0.25, 0.3) is 0 Å². The summed E-state index contributed by atoms with van der Waals surface area (Å²) in [6.45, 7) is 0.416. The van der Waals surface area contributed by atoms with E-state index in [-0.39, 0.29) is 24.3 Å². The molecule has 0 fully saturated rings. The minimum absolute atomic E-state index is 0.154. The van der Waals surface area contributed by atoms with Gasteiger partial charge in [0.25, 0.3) is 5.91 Å². The Kier molecular flexibility index (Phi) is 7.17. The number of nitrogens with one attached hydrogen (secondary N) is 4. The highest BCUT2D eigenvalue weighted by molar-refractivity contribution is 5.94. The third-order valence-electron chi connectivity index (χ3n) is 3.53. The van der Waals surface area contributed by atoms with Crippen LogP contribution in [-0.2, 0) is 4.79 Å². The van der Waals surface area contributed by atoms with E-state index in [0.29, 0.717) is 29.9 Å². The molecule has 0 aliphatic rings. The van der Waals surface area contributed by atoms with Crippen LogP contribution in [0.4, 0.5) is 16.2 Å². The summed E-state index contributed by atoms with van der Waals surface area (Å²) in [6.07, 6.45) is 0.808. The molecule has 0 saturated carbocycles. The highest BCUT2D eigenvalue weighted by Gasteiger charge is 2.06. The zero-order valence-electron chi connectivity index (χ0n) is 14.5. The van der Waals surface area contributed by atoms with Gasteiger partial charge in [0.2, 0.25) is 5.91 Å². The molecule has 2 aromatic carbocycles. The summed E-state index contributed by atoms with van der Waals surface area (Å²) in [7, 11) is 1.53. The van der Waals surface area contributed by atoms with Gasteiger partial charge in [0, 0.05) is 37.0 Å². The van der Waals surface area contributed by atoms with Crippen molar-refractivity contribution >= 4 is 29.2 Å². The first kappa shape index (κ1) is 19.0. The first-order valence-corrected chi connectivity index (χ1v) is 8.30. The van der Waals surface area contributed by atoms with E-state index in [2.05, 4.69) is 21.3 Å². The van der Waals surface area contributed by atoms with E-state index >= 15 is 0 Å². The van der Waals surface area contributed by atoms with Crippen LogP contribution in [-0.4, -0.2) is 31.4 Å². The Bertz CT molecular complexity index is 762. The maximum absolute atomic E-state index is 12.0. The summed E-state index contributed by atoms with van der Waals surface area (Å²) < 4.78 is 0. The predicted molar refractivity (Wildman–Crippen MR) is 101 cm³/mol. The van der Waals surface area contributed by atoms with Crippen molar-refractivity contribution in [1.82, 2.24) is 10.6 Å². The SMILES string of the molecule is CNC(=O)Nc1cccc(NC(=O)CCCNC(=O)c2ccccc2)c1. The Morgan fingerprint density at radius 3 is 2.27 bits per heavy atom. The van der Waals surface area contributed by atoms with Gasteiger partial charge in [-0.1, -0.05) is 24.3 Å². The van der Waals surface area contributed by atoms with Crippen molar-refractivity contribution in [3.8, 4) is 0 Å². The Morgan fingerprint density at radius 2 is 1.58 bits per heavy atom. The average molecular weight is 354 g/mol. The fourth-order valence-corrected chi connectivity index (χ4v) is 2.23. The summed E-state index contributed by atoms with van der Waals surface area (Å²) in [5, 5.41) is 10.6. The summed E-state index contributed by atoms with van der Waals surface area (Å²) in [5.41, 5.74) is 1.77. The van der Waals surface area contributed by atoms with Gasteiger partial charge in [0.1, 0.15) is 0 Å². The molecule has 4 N–H and O–H groups in total. The van der Waals surface area contributed by atoms with Gasteiger partial charge in [-0.3, -0.25) is 9.59 Å². The number of rotatable bonds is 7. The van der Waals surface area contributed by atoms with Gasteiger partial charge < -0.3 is 21.3 Å². The predicted octanol–water partition coefficient (Wildman–Crippen LogP) is 2.59. The minimum Gasteiger partial charge on any atom is -0.352 e. The fourth-order valence-electron chi connectivity index (χ4n) is 2.23. The molecule has 4 amide bonds. The van der Waals surface area contributed by atoms with Crippen molar-refractivity contribution in [1.29, 1.82) is 0 Å². The molecule has 0 radical (unpaired) electrons. The Morgan fingerprint density at radius 1 is 0.885 bits per heavy atom. The van der Waals surface area contributed by atoms with Gasteiger partial charge in [-0.25, -0.2) is 4.79 Å². The zero-order chi connectivity index (χ0) is 18.8. The highest BCUT2D eigenvalue weighted by atomic mass is 16.2. The lowest BCUT2D eigenvalue weighted by molar-refractivity contribution is -0.116. The third-order valence-corrected chi connectivity index (χ3v) is 3.53. The number of benzene rings is 2. The van der Waals surface area contributed by atoms with Crippen molar-refractivity contribution in [2.75, 3.05) is 24.2 Å². The number of carbonyl (C=O) groups excluding carboxylic acids is 3. The first-order chi connectivity index (χ1) is 12.6. The lowest BCUT2D eigenvalue weighted by Crippen LogP contribution is -2.25. The largest absolute Gasteiger partial charge is 0.352 e. The van der Waals surface area contributed by atoms with Crippen LogP contribution < -0.4 is 21.3 Å². The lowest BCUT2D eigenvalue weighted by atomic mass is 10.2. The van der Waals surface area contributed by atoms with Crippen molar-refractivity contribution < 1.29 is 14.4 Å². The van der Waals surface area contributed by atoms with Gasteiger partial charge in [0.15, 0.2) is 0 Å². The molecule has 0 atom stereocenters. The van der Waals surface area contributed by atoms with Crippen LogP contribution in [0.1, 0.15) is 23.2 Å². The molecule has 7 nitrogen and oxygen atoms in total. The second-order valence-corrected chi connectivity index (χ2v) is 5.56. The fraction of sp³-hybridized carbons (Fsp3) is 0.211. The smallest absolute Gasteiger partial charge is 0.318 e. The van der Waals surface area contributed by atoms with E-state index in [1.165, 1.54) is 7.05 Å². The average Bonchev–Trinajstić information content (AvgIpc) is 2.66. The van der Waals surface area contributed by atoms with Gasteiger partial charge >= 0.3 is 6.03 Å². The molecular formula is C19H22N4O3. The van der Waals surface area contributed by atoms with Crippen LogP contribution >= 0.6 is 0 Å². The van der Waals surface area contributed by atoms with E-state index in [4.69, 9.17) is 0 Å². The lowest BCUT2D eigenvalue weighted by Gasteiger charge is -2.09. The quantitative estimate of drug-likeness (QED) is 0.575. The number of urea groups is 1. The molecule has 0 bridgehead atoms. The summed E-state index contributed by atoms with van der Waals surface area (Å²) in [4.78, 5) is 35.2. The third kappa shape index (κ3) is 6.27. The molecule has 0 aromatic heterocycles. The molecule has 0 aliphatic heterocycles. The monoisotopic (exact) mass is 354 g/mol. The summed E-state index contributed by atoms with van der Waals surface area (Å²) in [5.74, 6) is -0.310. The van der Waals surface area contributed by atoms with Crippen molar-refractivity contribution in [3.63, 3.8) is 0 Å². The summed E-state index contributed by atoms with van der Waals surface area (Å²) in [6, 6.07) is 15.5. The van der Waals surface area contributed by atoms with Crippen LogP contribution in [0.15, 0.2) is 54.6 Å². The molecule has 2 aromatic rings. The van der Waals surface area contributed by atoms with Crippen LogP contribution in [0, 0.1) is 0 Å².